The molecule has 0 aromatic heterocycles. The monoisotopic (exact) mass is 251 g/mol. The van der Waals surface area contributed by atoms with Crippen LogP contribution in [0.2, 0.25) is 0 Å². The maximum Gasteiger partial charge on any atom is 0.308 e. The lowest BCUT2D eigenvalue weighted by Gasteiger charge is -2.28. The number of carbonyl (C=O) groups is 1. The van der Waals surface area contributed by atoms with Crippen molar-refractivity contribution in [3.63, 3.8) is 0 Å². The molecule has 4 nitrogen and oxygen atoms in total. The fourth-order valence-corrected chi connectivity index (χ4v) is 2.26. The van der Waals surface area contributed by atoms with Gasteiger partial charge in [0.2, 0.25) is 0 Å². The molecule has 0 bridgehead atoms. The highest BCUT2D eigenvalue weighted by Crippen LogP contribution is 2.33. The summed E-state index contributed by atoms with van der Waals surface area (Å²) in [6.07, 6.45) is 0. The normalized spacial score (nSPS) is 14.3. The average Bonchev–Trinajstić information content (AvgIpc) is 2.34. The predicted molar refractivity (Wildman–Crippen MR) is 70.8 cm³/mol. The Labute approximate surface area is 108 Å². The first-order valence-electron chi connectivity index (χ1n) is 6.05. The average molecular weight is 251 g/mol. The lowest BCUT2D eigenvalue weighted by Crippen LogP contribution is -2.34. The van der Waals surface area contributed by atoms with Gasteiger partial charge in [0.15, 0.2) is 0 Å². The van der Waals surface area contributed by atoms with Crippen LogP contribution < -0.4 is 10.1 Å². The van der Waals surface area contributed by atoms with E-state index in [1.54, 1.807) is 14.2 Å². The first-order valence-corrected chi connectivity index (χ1v) is 6.05. The van der Waals surface area contributed by atoms with E-state index in [0.29, 0.717) is 5.75 Å². The number of ether oxygens (including phenoxy) is 1. The van der Waals surface area contributed by atoms with Gasteiger partial charge in [0.25, 0.3) is 0 Å². The van der Waals surface area contributed by atoms with Crippen molar-refractivity contribution in [2.45, 2.75) is 19.9 Å². The van der Waals surface area contributed by atoms with Gasteiger partial charge in [-0.15, -0.1) is 0 Å². The van der Waals surface area contributed by atoms with E-state index in [4.69, 9.17) is 4.74 Å². The molecular weight excluding hydrogens is 230 g/mol. The molecule has 2 atom stereocenters. The second-order valence-electron chi connectivity index (χ2n) is 4.62. The molecule has 0 aliphatic carbocycles. The number of para-hydroxylation sites is 1. The molecule has 0 radical (unpaired) electrons. The second kappa shape index (κ2) is 6.40. The molecule has 0 spiro atoms. The van der Waals surface area contributed by atoms with Crippen LogP contribution in [0, 0.1) is 11.8 Å². The lowest BCUT2D eigenvalue weighted by atomic mass is 9.84. The molecule has 0 saturated carbocycles. The molecule has 1 rings (SSSR count). The molecule has 2 N–H and O–H groups in total. The fraction of sp³-hybridized carbons (Fsp3) is 0.500. The van der Waals surface area contributed by atoms with Crippen molar-refractivity contribution in [2.75, 3.05) is 14.2 Å². The molecule has 0 aliphatic rings. The first-order chi connectivity index (χ1) is 8.52. The van der Waals surface area contributed by atoms with Gasteiger partial charge in [0.05, 0.1) is 13.0 Å². The Hall–Kier alpha value is -1.55. The Kier molecular flexibility index (Phi) is 5.16. The molecular formula is C14H21NO3. The zero-order valence-corrected chi connectivity index (χ0v) is 11.3. The smallest absolute Gasteiger partial charge is 0.308 e. The zero-order valence-electron chi connectivity index (χ0n) is 11.3. The van der Waals surface area contributed by atoms with Crippen molar-refractivity contribution in [3.05, 3.63) is 29.8 Å². The summed E-state index contributed by atoms with van der Waals surface area (Å²) >= 11 is 0. The van der Waals surface area contributed by atoms with E-state index >= 15 is 0 Å². The van der Waals surface area contributed by atoms with E-state index in [2.05, 4.69) is 5.32 Å². The number of carboxylic acid groups (broad SMARTS) is 1. The third kappa shape index (κ3) is 3.01. The zero-order chi connectivity index (χ0) is 13.7. The Balaban J connectivity index is 3.19. The fourth-order valence-electron chi connectivity index (χ4n) is 2.26. The van der Waals surface area contributed by atoms with Crippen molar-refractivity contribution in [1.82, 2.24) is 5.32 Å². The summed E-state index contributed by atoms with van der Waals surface area (Å²) < 4.78 is 5.30. The Morgan fingerprint density at radius 1 is 1.33 bits per heavy atom. The van der Waals surface area contributed by atoms with E-state index in [-0.39, 0.29) is 12.0 Å². The van der Waals surface area contributed by atoms with Gasteiger partial charge in [0.1, 0.15) is 5.75 Å². The highest BCUT2D eigenvalue weighted by Gasteiger charge is 2.32. The number of benzene rings is 1. The van der Waals surface area contributed by atoms with Crippen LogP contribution in [0.5, 0.6) is 5.75 Å². The quantitative estimate of drug-likeness (QED) is 0.814. The lowest BCUT2D eigenvalue weighted by molar-refractivity contribution is -0.144. The van der Waals surface area contributed by atoms with Crippen LogP contribution in [0.25, 0.3) is 0 Å². The van der Waals surface area contributed by atoms with Gasteiger partial charge in [-0.1, -0.05) is 32.0 Å². The van der Waals surface area contributed by atoms with Gasteiger partial charge >= 0.3 is 5.97 Å². The minimum absolute atomic E-state index is 0.0323. The van der Waals surface area contributed by atoms with Gasteiger partial charge < -0.3 is 15.2 Å². The van der Waals surface area contributed by atoms with Crippen molar-refractivity contribution >= 4 is 5.97 Å². The number of nitrogens with one attached hydrogen (secondary N) is 1. The Bertz CT molecular complexity index is 404. The minimum Gasteiger partial charge on any atom is -0.496 e. The van der Waals surface area contributed by atoms with Crippen molar-refractivity contribution in [2.24, 2.45) is 11.8 Å². The van der Waals surface area contributed by atoms with Gasteiger partial charge in [-0.05, 0) is 19.0 Å². The molecule has 4 heteroatoms. The molecule has 0 fully saturated rings. The number of aliphatic carboxylic acids is 1. The standard InChI is InChI=1S/C14H21NO3/c1-9(2)12(14(16)17)13(15-3)10-7-5-6-8-11(10)18-4/h5-9,12-13,15H,1-4H3,(H,16,17). The summed E-state index contributed by atoms with van der Waals surface area (Å²) in [5, 5.41) is 12.5. The number of carboxylic acids is 1. The highest BCUT2D eigenvalue weighted by molar-refractivity contribution is 5.72. The number of methoxy groups -OCH3 is 1. The molecule has 0 saturated heterocycles. The first kappa shape index (κ1) is 14.5. The summed E-state index contributed by atoms with van der Waals surface area (Å²) in [6.45, 7) is 3.83. The van der Waals surface area contributed by atoms with Crippen LogP contribution in [0.3, 0.4) is 0 Å². The molecule has 0 amide bonds. The molecule has 0 heterocycles. The van der Waals surface area contributed by atoms with Crippen LogP contribution in [0.4, 0.5) is 0 Å². The van der Waals surface area contributed by atoms with Crippen LogP contribution in [0.1, 0.15) is 25.5 Å². The van der Waals surface area contributed by atoms with Crippen LogP contribution in [0.15, 0.2) is 24.3 Å². The van der Waals surface area contributed by atoms with E-state index in [9.17, 15) is 9.90 Å². The van der Waals surface area contributed by atoms with E-state index in [1.165, 1.54) is 0 Å². The number of hydrogen-bond donors (Lipinski definition) is 2. The Morgan fingerprint density at radius 2 is 1.94 bits per heavy atom. The van der Waals surface area contributed by atoms with Crippen molar-refractivity contribution in [3.8, 4) is 5.75 Å². The van der Waals surface area contributed by atoms with Gasteiger partial charge in [-0.25, -0.2) is 0 Å². The summed E-state index contributed by atoms with van der Waals surface area (Å²) in [4.78, 5) is 11.4. The largest absolute Gasteiger partial charge is 0.496 e. The summed E-state index contributed by atoms with van der Waals surface area (Å²) in [5.41, 5.74) is 0.878. The molecule has 0 aliphatic heterocycles. The van der Waals surface area contributed by atoms with Gasteiger partial charge in [-0.2, -0.15) is 0 Å². The summed E-state index contributed by atoms with van der Waals surface area (Å²) in [7, 11) is 3.37. The third-order valence-electron chi connectivity index (χ3n) is 3.15. The van der Waals surface area contributed by atoms with Gasteiger partial charge in [-0.3, -0.25) is 4.79 Å². The topological polar surface area (TPSA) is 58.6 Å². The van der Waals surface area contributed by atoms with Crippen LogP contribution in [-0.4, -0.2) is 25.2 Å². The summed E-state index contributed by atoms with van der Waals surface area (Å²) in [6, 6.07) is 7.25. The second-order valence-corrected chi connectivity index (χ2v) is 4.62. The van der Waals surface area contributed by atoms with Crippen molar-refractivity contribution < 1.29 is 14.6 Å². The predicted octanol–water partition coefficient (Wildman–Crippen LogP) is 2.31. The molecule has 1 aromatic carbocycles. The van der Waals surface area contributed by atoms with Crippen LogP contribution >= 0.6 is 0 Å². The Morgan fingerprint density at radius 3 is 2.39 bits per heavy atom. The molecule has 2 unspecified atom stereocenters. The molecule has 18 heavy (non-hydrogen) atoms. The SMILES string of the molecule is CNC(c1ccccc1OC)C(C(=O)O)C(C)C. The van der Waals surface area contributed by atoms with E-state index < -0.39 is 11.9 Å². The maximum atomic E-state index is 11.4. The van der Waals surface area contributed by atoms with Crippen molar-refractivity contribution in [1.29, 1.82) is 0 Å². The summed E-state index contributed by atoms with van der Waals surface area (Å²) in [5.74, 6) is -0.546. The van der Waals surface area contributed by atoms with E-state index in [1.807, 2.05) is 38.1 Å². The number of hydrogen-bond acceptors (Lipinski definition) is 3. The van der Waals surface area contributed by atoms with Crippen LogP contribution in [-0.2, 0) is 4.79 Å². The van der Waals surface area contributed by atoms with Gasteiger partial charge in [0, 0.05) is 11.6 Å². The minimum atomic E-state index is -0.796. The highest BCUT2D eigenvalue weighted by atomic mass is 16.5. The molecule has 1 aromatic rings. The number of rotatable bonds is 6. The third-order valence-corrected chi connectivity index (χ3v) is 3.15. The maximum absolute atomic E-state index is 11.4. The van der Waals surface area contributed by atoms with E-state index in [0.717, 1.165) is 5.56 Å². The molecule has 100 valence electrons.